The Kier molecular flexibility index (Phi) is 6.19. The van der Waals surface area contributed by atoms with Crippen molar-refractivity contribution in [1.82, 2.24) is 10.2 Å². The average molecular weight is 701 g/mol. The van der Waals surface area contributed by atoms with Crippen LogP contribution in [0, 0.1) is 0 Å². The van der Waals surface area contributed by atoms with E-state index in [2.05, 4.69) is 174 Å². The minimum atomic E-state index is -0.523. The second kappa shape index (κ2) is 11.2. The smallest absolute Gasteiger partial charge is 0.248 e. The third kappa shape index (κ3) is 3.89. The second-order valence-electron chi connectivity index (χ2n) is 14.8. The van der Waals surface area contributed by atoms with Crippen LogP contribution in [0.25, 0.3) is 56.3 Å². The van der Waals surface area contributed by atoms with Crippen molar-refractivity contribution in [2.75, 3.05) is 0 Å². The third-order valence-corrected chi connectivity index (χ3v) is 12.4. The lowest BCUT2D eigenvalue weighted by atomic mass is 9.52. The Balaban J connectivity index is 1.08. The molecule has 3 aliphatic rings. The van der Waals surface area contributed by atoms with E-state index in [1.807, 2.05) is 30.3 Å². The van der Waals surface area contributed by atoms with Crippen LogP contribution < -0.4 is 0 Å². The zero-order valence-electron chi connectivity index (χ0n) is 29.8. The van der Waals surface area contributed by atoms with Gasteiger partial charge in [0.15, 0.2) is 0 Å². The zero-order chi connectivity index (χ0) is 36.1. The number of hydrogen-bond acceptors (Lipinski definition) is 3. The van der Waals surface area contributed by atoms with E-state index in [1.54, 1.807) is 0 Å². The van der Waals surface area contributed by atoms with Gasteiger partial charge in [0.25, 0.3) is 0 Å². The SMILES string of the molecule is c1ccc(-c2nnc(-c3ccc(-c4ccc5c(c4)C4(c6ccccc6-5)c5ccccc5C5(c6ccccc6-c6ccccc65)c5ccccc54)cc3)o2)cc1. The minimum absolute atomic E-state index is 0.452. The molecule has 0 amide bonds. The van der Waals surface area contributed by atoms with Crippen LogP contribution in [0.4, 0.5) is 0 Å². The molecule has 1 heterocycles. The molecule has 0 aliphatic heterocycles. The summed E-state index contributed by atoms with van der Waals surface area (Å²) in [4.78, 5) is 0. The highest BCUT2D eigenvalue weighted by atomic mass is 16.4. The number of hydrogen-bond donors (Lipinski definition) is 0. The summed E-state index contributed by atoms with van der Waals surface area (Å²) in [5.74, 6) is 1.02. The van der Waals surface area contributed by atoms with Crippen LogP contribution in [0.15, 0.2) is 199 Å². The maximum absolute atomic E-state index is 6.10. The lowest BCUT2D eigenvalue weighted by Crippen LogP contribution is -2.43. The molecule has 12 rings (SSSR count). The number of benzene rings is 8. The van der Waals surface area contributed by atoms with Crippen molar-refractivity contribution in [3.63, 3.8) is 0 Å². The van der Waals surface area contributed by atoms with Gasteiger partial charge in [-0.05, 0) is 108 Å². The van der Waals surface area contributed by atoms with E-state index >= 15 is 0 Å². The Hall–Kier alpha value is -7.10. The molecule has 0 bridgehead atoms. The van der Waals surface area contributed by atoms with Gasteiger partial charge in [-0.1, -0.05) is 164 Å². The van der Waals surface area contributed by atoms with Crippen LogP contribution >= 0.6 is 0 Å². The summed E-state index contributed by atoms with van der Waals surface area (Å²) >= 11 is 0. The van der Waals surface area contributed by atoms with E-state index in [0.717, 1.165) is 16.7 Å². The molecule has 0 N–H and O–H groups in total. The van der Waals surface area contributed by atoms with E-state index < -0.39 is 10.8 Å². The van der Waals surface area contributed by atoms with Crippen molar-refractivity contribution >= 4 is 0 Å². The van der Waals surface area contributed by atoms with E-state index in [-0.39, 0.29) is 0 Å². The first-order chi connectivity index (χ1) is 27.3. The maximum Gasteiger partial charge on any atom is 0.248 e. The van der Waals surface area contributed by atoms with Crippen LogP contribution in [-0.2, 0) is 10.8 Å². The normalized spacial score (nSPS) is 14.5. The van der Waals surface area contributed by atoms with Gasteiger partial charge in [0.05, 0.1) is 10.8 Å². The van der Waals surface area contributed by atoms with Gasteiger partial charge in [-0.3, -0.25) is 0 Å². The number of rotatable bonds is 3. The number of nitrogens with zero attached hydrogens (tertiary/aromatic N) is 2. The van der Waals surface area contributed by atoms with Crippen molar-refractivity contribution in [1.29, 1.82) is 0 Å². The highest BCUT2D eigenvalue weighted by Gasteiger charge is 2.58. The van der Waals surface area contributed by atoms with Gasteiger partial charge < -0.3 is 4.42 Å². The summed E-state index contributed by atoms with van der Waals surface area (Å²) in [5, 5.41) is 8.70. The lowest BCUT2D eigenvalue weighted by Gasteiger charge is -2.48. The van der Waals surface area contributed by atoms with Gasteiger partial charge in [-0.25, -0.2) is 0 Å². The first kappa shape index (κ1) is 30.4. The minimum Gasteiger partial charge on any atom is -0.416 e. The predicted molar refractivity (Wildman–Crippen MR) is 219 cm³/mol. The summed E-state index contributed by atoms with van der Waals surface area (Å²) in [6.45, 7) is 0. The molecule has 0 saturated carbocycles. The molecule has 0 radical (unpaired) electrons. The fourth-order valence-corrected chi connectivity index (χ4v) is 10.3. The summed E-state index contributed by atoms with van der Waals surface area (Å²) in [6, 6.07) is 71.1. The molecule has 3 heteroatoms. The van der Waals surface area contributed by atoms with Gasteiger partial charge >= 0.3 is 0 Å². The van der Waals surface area contributed by atoms with Crippen LogP contribution in [0.1, 0.15) is 44.5 Å². The highest BCUT2D eigenvalue weighted by Crippen LogP contribution is 2.67. The summed E-state index contributed by atoms with van der Waals surface area (Å²) in [6.07, 6.45) is 0. The van der Waals surface area contributed by atoms with Crippen molar-refractivity contribution in [3.8, 4) is 56.3 Å². The third-order valence-electron chi connectivity index (χ3n) is 12.4. The molecule has 0 atom stereocenters. The molecule has 55 heavy (non-hydrogen) atoms. The molecular weight excluding hydrogens is 669 g/mol. The molecule has 3 aliphatic carbocycles. The first-order valence-corrected chi connectivity index (χ1v) is 18.9. The van der Waals surface area contributed by atoms with Crippen LogP contribution in [0.2, 0.25) is 0 Å². The van der Waals surface area contributed by atoms with Gasteiger partial charge in [-0.2, -0.15) is 0 Å². The molecule has 8 aromatic carbocycles. The van der Waals surface area contributed by atoms with Crippen LogP contribution in [0.5, 0.6) is 0 Å². The molecule has 0 fully saturated rings. The average Bonchev–Trinajstić information content (AvgIpc) is 3.95. The quantitative estimate of drug-likeness (QED) is 0.184. The van der Waals surface area contributed by atoms with Gasteiger partial charge in [0.1, 0.15) is 0 Å². The van der Waals surface area contributed by atoms with Gasteiger partial charge in [0, 0.05) is 11.1 Å². The molecular formula is C52H32N2O. The monoisotopic (exact) mass is 700 g/mol. The lowest BCUT2D eigenvalue weighted by molar-refractivity contribution is 0.584. The van der Waals surface area contributed by atoms with Crippen molar-refractivity contribution in [3.05, 3.63) is 239 Å². The summed E-state index contributed by atoms with van der Waals surface area (Å²) < 4.78 is 6.10. The number of fused-ring (bicyclic) bond motifs is 16. The molecule has 0 saturated heterocycles. The van der Waals surface area contributed by atoms with Gasteiger partial charge in [-0.15, -0.1) is 10.2 Å². The zero-order valence-corrected chi connectivity index (χ0v) is 29.8. The standard InChI is InChI=1S/C52H32N2O/c1-2-14-34(15-3-1)49-53-54-50(55-49)35-28-26-33(27-29-35)36-30-31-40-39-18-6-9-21-43(39)52(48(40)32-36)46-24-12-10-22-44(46)51(45-23-11-13-25-47(45)52)41-19-7-4-16-37(41)38-17-5-8-20-42(38)51/h1-32H. The topological polar surface area (TPSA) is 38.9 Å². The molecule has 256 valence electrons. The molecule has 3 nitrogen and oxygen atoms in total. The summed E-state index contributed by atoms with van der Waals surface area (Å²) in [5.41, 5.74) is 19.0. The van der Waals surface area contributed by atoms with Crippen molar-refractivity contribution < 1.29 is 4.42 Å². The van der Waals surface area contributed by atoms with Gasteiger partial charge in [0.2, 0.25) is 11.8 Å². The molecule has 2 spiro atoms. The van der Waals surface area contributed by atoms with Crippen molar-refractivity contribution in [2.45, 2.75) is 10.8 Å². The van der Waals surface area contributed by atoms with E-state index in [0.29, 0.717) is 11.8 Å². The summed E-state index contributed by atoms with van der Waals surface area (Å²) in [7, 11) is 0. The Morgan fingerprint density at radius 1 is 0.273 bits per heavy atom. The van der Waals surface area contributed by atoms with Crippen LogP contribution in [-0.4, -0.2) is 10.2 Å². The fraction of sp³-hybridized carbons (Fsp3) is 0.0385. The van der Waals surface area contributed by atoms with E-state index in [4.69, 9.17) is 4.42 Å². The Labute approximate surface area is 319 Å². The van der Waals surface area contributed by atoms with Crippen molar-refractivity contribution in [2.24, 2.45) is 0 Å². The number of aromatic nitrogens is 2. The van der Waals surface area contributed by atoms with E-state index in [9.17, 15) is 0 Å². The largest absolute Gasteiger partial charge is 0.416 e. The molecule has 0 unspecified atom stereocenters. The van der Waals surface area contributed by atoms with E-state index in [1.165, 1.54) is 72.3 Å². The fourth-order valence-electron chi connectivity index (χ4n) is 10.3. The highest BCUT2D eigenvalue weighted by molar-refractivity contribution is 5.94. The Morgan fingerprint density at radius 2 is 0.618 bits per heavy atom. The molecule has 9 aromatic rings. The Morgan fingerprint density at radius 3 is 1.11 bits per heavy atom. The Bertz CT molecular complexity index is 2900. The first-order valence-electron chi connectivity index (χ1n) is 18.9. The van der Waals surface area contributed by atoms with Crippen LogP contribution in [0.3, 0.4) is 0 Å². The molecule has 1 aromatic heterocycles. The maximum atomic E-state index is 6.10. The predicted octanol–water partition coefficient (Wildman–Crippen LogP) is 12.1. The second-order valence-corrected chi connectivity index (χ2v) is 14.8.